The number of hydrogen-bond acceptors (Lipinski definition) is 2. The summed E-state index contributed by atoms with van der Waals surface area (Å²) in [7, 11) is 0. The molecule has 0 aliphatic rings. The Morgan fingerprint density at radius 3 is 2.13 bits per heavy atom. The second-order valence-corrected chi connectivity index (χ2v) is 4.80. The first-order valence-electron chi connectivity index (χ1n) is 6.48. The fourth-order valence-corrected chi connectivity index (χ4v) is 1.47. The Morgan fingerprint density at radius 1 is 0.933 bits per heavy atom. The van der Waals surface area contributed by atoms with Gasteiger partial charge in [0.1, 0.15) is 0 Å². The first kappa shape index (κ1) is 14.9. The molecule has 0 heterocycles. The van der Waals surface area contributed by atoms with Gasteiger partial charge in [0.15, 0.2) is 0 Å². The van der Waals surface area contributed by atoms with Gasteiger partial charge in [-0.25, -0.2) is 0 Å². The van der Waals surface area contributed by atoms with Crippen molar-refractivity contribution in [1.29, 1.82) is 0 Å². The van der Waals surface area contributed by atoms with E-state index in [0.29, 0.717) is 12.1 Å². The zero-order chi connectivity index (χ0) is 11.5. The van der Waals surface area contributed by atoms with Crippen LogP contribution in [0, 0.1) is 0 Å². The summed E-state index contributed by atoms with van der Waals surface area (Å²) in [6.07, 6.45) is 6.93. The Kier molecular flexibility index (Phi) is 10.4. The summed E-state index contributed by atoms with van der Waals surface area (Å²) in [6, 6.07) is 0.629. The number of rotatable bonds is 10. The zero-order valence-electron chi connectivity index (χ0n) is 11.0. The Bertz CT molecular complexity index is 115. The highest BCUT2D eigenvalue weighted by atomic mass is 16.5. The Labute approximate surface area is 97.3 Å². The van der Waals surface area contributed by atoms with Crippen LogP contribution < -0.4 is 5.32 Å². The van der Waals surface area contributed by atoms with Crippen molar-refractivity contribution < 1.29 is 6.16 Å². The first-order chi connectivity index (χ1) is 7.13. The summed E-state index contributed by atoms with van der Waals surface area (Å²) in [5.41, 5.74) is 0. The van der Waals surface area contributed by atoms with Gasteiger partial charge in [-0.2, -0.15) is 0 Å². The van der Waals surface area contributed by atoms with Crippen molar-refractivity contribution in [3.63, 3.8) is 0 Å². The van der Waals surface area contributed by atoms with Crippen molar-refractivity contribution >= 4 is 0 Å². The van der Waals surface area contributed by atoms with Crippen molar-refractivity contribution in [3.8, 4) is 0 Å². The van der Waals surface area contributed by atoms with Crippen LogP contribution in [0.5, 0.6) is 0 Å². The van der Waals surface area contributed by atoms with Crippen molar-refractivity contribution in [1.82, 2.24) is 5.32 Å². The lowest BCUT2D eigenvalue weighted by Gasteiger charge is -2.08. The molecule has 0 atom stereocenters. The van der Waals surface area contributed by atoms with Gasteiger partial charge in [-0.05, 0) is 33.2 Å². The van der Waals surface area contributed by atoms with Gasteiger partial charge < -0.3 is 10.1 Å². The van der Waals surface area contributed by atoms with E-state index in [1.165, 1.54) is 38.6 Å². The quantitative estimate of drug-likeness (QED) is 0.564. The van der Waals surface area contributed by atoms with Crippen LogP contribution in [0.3, 0.4) is 0 Å². The molecular weight excluding hydrogens is 186 g/mol. The molecule has 0 saturated carbocycles. The highest BCUT2D eigenvalue weighted by Crippen LogP contribution is 2.03. The largest absolute Gasteiger partial charge is 0.379 e. The molecule has 2 nitrogen and oxygen atoms in total. The summed E-state index contributed by atoms with van der Waals surface area (Å²) in [4.78, 5) is 0. The van der Waals surface area contributed by atoms with E-state index >= 15 is 0 Å². The second kappa shape index (κ2) is 10.4. The predicted molar refractivity (Wildman–Crippen MR) is 69.4 cm³/mol. The standard InChI is InChI=1S/C13H29NO.H2/c1-12(2)14-10-8-6-5-7-9-11-15-13(3)4;/h12-14H,5-11H2,1-4H3;1H. The summed E-state index contributed by atoms with van der Waals surface area (Å²) in [5.74, 6) is 0. The molecule has 0 fully saturated rings. The van der Waals surface area contributed by atoms with Gasteiger partial charge in [0.2, 0.25) is 0 Å². The smallest absolute Gasteiger partial charge is 0.0518 e. The van der Waals surface area contributed by atoms with Crippen LogP contribution in [0.15, 0.2) is 0 Å². The van der Waals surface area contributed by atoms with Gasteiger partial charge >= 0.3 is 0 Å². The number of unbranched alkanes of at least 4 members (excludes halogenated alkanes) is 4. The summed E-state index contributed by atoms with van der Waals surface area (Å²) in [6.45, 7) is 10.7. The van der Waals surface area contributed by atoms with E-state index in [9.17, 15) is 0 Å². The van der Waals surface area contributed by atoms with E-state index in [0.717, 1.165) is 6.61 Å². The second-order valence-electron chi connectivity index (χ2n) is 4.80. The molecule has 1 N–H and O–H groups in total. The molecule has 0 aromatic heterocycles. The molecule has 0 rings (SSSR count). The Morgan fingerprint density at radius 2 is 1.53 bits per heavy atom. The SMILES string of the molecule is CC(C)NCCCCCCCOC(C)C.[HH]. The van der Waals surface area contributed by atoms with E-state index < -0.39 is 0 Å². The van der Waals surface area contributed by atoms with Crippen molar-refractivity contribution in [2.24, 2.45) is 0 Å². The highest BCUT2D eigenvalue weighted by molar-refractivity contribution is 4.53. The van der Waals surface area contributed by atoms with E-state index in [-0.39, 0.29) is 1.43 Å². The van der Waals surface area contributed by atoms with E-state index in [1.54, 1.807) is 0 Å². The van der Waals surface area contributed by atoms with Crippen LogP contribution in [0.1, 0.15) is 61.2 Å². The van der Waals surface area contributed by atoms with Gasteiger partial charge in [-0.1, -0.05) is 33.1 Å². The van der Waals surface area contributed by atoms with E-state index in [2.05, 4.69) is 33.0 Å². The number of nitrogens with one attached hydrogen (secondary N) is 1. The molecule has 0 radical (unpaired) electrons. The zero-order valence-corrected chi connectivity index (χ0v) is 11.0. The van der Waals surface area contributed by atoms with Gasteiger partial charge in [0, 0.05) is 14.1 Å². The monoisotopic (exact) mass is 217 g/mol. The predicted octanol–water partition coefficient (Wildman–Crippen LogP) is 3.61. The summed E-state index contributed by atoms with van der Waals surface area (Å²) >= 11 is 0. The van der Waals surface area contributed by atoms with Crippen LogP contribution in [0.4, 0.5) is 0 Å². The van der Waals surface area contributed by atoms with Gasteiger partial charge in [0.25, 0.3) is 0 Å². The van der Waals surface area contributed by atoms with Crippen LogP contribution in [-0.4, -0.2) is 25.3 Å². The van der Waals surface area contributed by atoms with Crippen molar-refractivity contribution in [2.45, 2.75) is 71.9 Å². The molecule has 0 aliphatic heterocycles. The Hall–Kier alpha value is -0.0800. The number of hydrogen-bond donors (Lipinski definition) is 1. The maximum absolute atomic E-state index is 5.49. The average Bonchev–Trinajstić information content (AvgIpc) is 2.14. The Balaban J connectivity index is 0. The summed E-state index contributed by atoms with van der Waals surface area (Å²) in [5, 5.41) is 3.44. The molecule has 0 aromatic carbocycles. The van der Waals surface area contributed by atoms with Gasteiger partial charge in [-0.3, -0.25) is 0 Å². The molecular formula is C13H31NO. The van der Waals surface area contributed by atoms with Crippen LogP contribution in [0.2, 0.25) is 0 Å². The lowest BCUT2D eigenvalue weighted by Crippen LogP contribution is -2.23. The third-order valence-corrected chi connectivity index (χ3v) is 2.32. The normalized spacial score (nSPS) is 11.6. The van der Waals surface area contributed by atoms with Gasteiger partial charge in [-0.15, -0.1) is 0 Å². The van der Waals surface area contributed by atoms with Crippen molar-refractivity contribution in [2.75, 3.05) is 13.2 Å². The lowest BCUT2D eigenvalue weighted by atomic mass is 10.1. The molecule has 2 heteroatoms. The molecule has 0 aromatic rings. The fourth-order valence-electron chi connectivity index (χ4n) is 1.47. The minimum absolute atomic E-state index is 0. The molecule has 94 valence electrons. The topological polar surface area (TPSA) is 21.3 Å². The van der Waals surface area contributed by atoms with E-state index in [4.69, 9.17) is 4.74 Å². The average molecular weight is 217 g/mol. The van der Waals surface area contributed by atoms with E-state index in [1.807, 2.05) is 0 Å². The van der Waals surface area contributed by atoms with Crippen molar-refractivity contribution in [3.05, 3.63) is 0 Å². The first-order valence-corrected chi connectivity index (χ1v) is 6.48. The summed E-state index contributed by atoms with van der Waals surface area (Å²) < 4.78 is 5.49. The van der Waals surface area contributed by atoms with Gasteiger partial charge in [0.05, 0.1) is 6.10 Å². The molecule has 0 unspecified atom stereocenters. The minimum atomic E-state index is 0. The maximum Gasteiger partial charge on any atom is 0.0518 e. The third kappa shape index (κ3) is 13.9. The maximum atomic E-state index is 5.49. The third-order valence-electron chi connectivity index (χ3n) is 2.32. The molecule has 0 saturated heterocycles. The minimum Gasteiger partial charge on any atom is -0.379 e. The molecule has 0 aliphatic carbocycles. The molecule has 15 heavy (non-hydrogen) atoms. The lowest BCUT2D eigenvalue weighted by molar-refractivity contribution is 0.0757. The highest BCUT2D eigenvalue weighted by Gasteiger charge is 1.95. The van der Waals surface area contributed by atoms with Crippen LogP contribution in [0.25, 0.3) is 0 Å². The number of ether oxygens (including phenoxy) is 1. The van der Waals surface area contributed by atoms with Crippen LogP contribution >= 0.6 is 0 Å². The molecule has 0 spiro atoms. The van der Waals surface area contributed by atoms with Crippen LogP contribution in [-0.2, 0) is 4.74 Å². The fraction of sp³-hybridized carbons (Fsp3) is 1.00. The molecule has 0 amide bonds. The molecule has 0 bridgehead atoms.